The standard InChI is InChI=1S/C15H20N4O3S2/c1-12-10-18-15(23-12)4-5-16-14-3-2-13(11-17-14)24(20,21)19-6-8-22-9-7-19/h2-3,10-11H,4-9H2,1H3,(H,16,17). The maximum Gasteiger partial charge on any atom is 0.244 e. The fraction of sp³-hybridized carbons (Fsp3) is 0.467. The molecule has 24 heavy (non-hydrogen) atoms. The van der Waals surface area contributed by atoms with Gasteiger partial charge in [-0.15, -0.1) is 11.3 Å². The highest BCUT2D eigenvalue weighted by Crippen LogP contribution is 2.18. The van der Waals surface area contributed by atoms with E-state index in [1.807, 2.05) is 13.1 Å². The van der Waals surface area contributed by atoms with Crippen molar-refractivity contribution in [3.05, 3.63) is 34.4 Å². The summed E-state index contributed by atoms with van der Waals surface area (Å²) in [6, 6.07) is 3.29. The van der Waals surface area contributed by atoms with E-state index in [0.29, 0.717) is 38.7 Å². The Bertz CT molecular complexity index is 768. The van der Waals surface area contributed by atoms with Gasteiger partial charge in [-0.05, 0) is 19.1 Å². The van der Waals surface area contributed by atoms with Crippen molar-refractivity contribution in [2.24, 2.45) is 0 Å². The van der Waals surface area contributed by atoms with Crippen LogP contribution in [-0.2, 0) is 21.2 Å². The molecule has 2 aromatic rings. The van der Waals surface area contributed by atoms with Crippen LogP contribution in [0.15, 0.2) is 29.4 Å². The van der Waals surface area contributed by atoms with Crippen molar-refractivity contribution in [2.45, 2.75) is 18.2 Å². The molecule has 0 amide bonds. The highest BCUT2D eigenvalue weighted by molar-refractivity contribution is 7.89. The Morgan fingerprint density at radius 2 is 2.04 bits per heavy atom. The third-order valence-electron chi connectivity index (χ3n) is 3.66. The first kappa shape index (κ1) is 17.3. The second-order valence-corrected chi connectivity index (χ2v) is 8.69. The second-order valence-electron chi connectivity index (χ2n) is 5.44. The molecule has 7 nitrogen and oxygen atoms in total. The largest absolute Gasteiger partial charge is 0.379 e. The third-order valence-corrected chi connectivity index (χ3v) is 6.51. The Morgan fingerprint density at radius 1 is 1.25 bits per heavy atom. The van der Waals surface area contributed by atoms with E-state index in [9.17, 15) is 8.42 Å². The number of aryl methyl sites for hydroxylation is 1. The Morgan fingerprint density at radius 3 is 2.67 bits per heavy atom. The minimum absolute atomic E-state index is 0.213. The van der Waals surface area contributed by atoms with Gasteiger partial charge in [0.2, 0.25) is 10.0 Å². The van der Waals surface area contributed by atoms with E-state index in [-0.39, 0.29) is 4.90 Å². The average Bonchev–Trinajstić information content (AvgIpc) is 3.01. The van der Waals surface area contributed by atoms with Crippen molar-refractivity contribution in [3.63, 3.8) is 0 Å². The number of sulfonamides is 1. The molecule has 9 heteroatoms. The Hall–Kier alpha value is -1.55. The van der Waals surface area contributed by atoms with Gasteiger partial charge in [-0.3, -0.25) is 0 Å². The molecule has 1 aliphatic heterocycles. The molecule has 0 aromatic carbocycles. The number of nitrogens with one attached hydrogen (secondary N) is 1. The molecule has 0 atom stereocenters. The van der Waals surface area contributed by atoms with Gasteiger partial charge in [-0.25, -0.2) is 18.4 Å². The molecule has 3 heterocycles. The molecule has 0 aliphatic carbocycles. The summed E-state index contributed by atoms with van der Waals surface area (Å²) in [5.41, 5.74) is 0. The van der Waals surface area contributed by atoms with Crippen molar-refractivity contribution < 1.29 is 13.2 Å². The van der Waals surface area contributed by atoms with E-state index in [2.05, 4.69) is 15.3 Å². The van der Waals surface area contributed by atoms with Crippen LogP contribution in [0.5, 0.6) is 0 Å². The van der Waals surface area contributed by atoms with Crippen LogP contribution >= 0.6 is 11.3 Å². The number of anilines is 1. The van der Waals surface area contributed by atoms with Crippen molar-refractivity contribution in [3.8, 4) is 0 Å². The average molecular weight is 368 g/mol. The molecule has 0 saturated carbocycles. The minimum Gasteiger partial charge on any atom is -0.379 e. The molecule has 1 saturated heterocycles. The predicted octanol–water partition coefficient (Wildman–Crippen LogP) is 1.52. The summed E-state index contributed by atoms with van der Waals surface area (Å²) in [5, 5.41) is 4.26. The minimum atomic E-state index is -3.48. The van der Waals surface area contributed by atoms with Gasteiger partial charge in [-0.1, -0.05) is 0 Å². The lowest BCUT2D eigenvalue weighted by Crippen LogP contribution is -2.40. The first-order valence-corrected chi connectivity index (χ1v) is 10.0. The number of rotatable bonds is 6. The molecular weight excluding hydrogens is 348 g/mol. The first-order valence-electron chi connectivity index (χ1n) is 7.75. The molecular formula is C15H20N4O3S2. The topological polar surface area (TPSA) is 84.4 Å². The number of morpholine rings is 1. The lowest BCUT2D eigenvalue weighted by molar-refractivity contribution is 0.0730. The zero-order valence-corrected chi connectivity index (χ0v) is 15.1. The van der Waals surface area contributed by atoms with Crippen LogP contribution in [-0.4, -0.2) is 55.5 Å². The zero-order valence-electron chi connectivity index (χ0n) is 13.4. The molecule has 2 aromatic heterocycles. The number of aromatic nitrogens is 2. The van der Waals surface area contributed by atoms with E-state index in [1.54, 1.807) is 23.5 Å². The van der Waals surface area contributed by atoms with Crippen molar-refractivity contribution in [1.82, 2.24) is 14.3 Å². The molecule has 3 rings (SSSR count). The highest BCUT2D eigenvalue weighted by Gasteiger charge is 2.26. The molecule has 0 spiro atoms. The molecule has 0 radical (unpaired) electrons. The fourth-order valence-corrected chi connectivity index (χ4v) is 4.53. The molecule has 0 unspecified atom stereocenters. The van der Waals surface area contributed by atoms with E-state index in [0.717, 1.165) is 11.4 Å². The van der Waals surface area contributed by atoms with Crippen molar-refractivity contribution in [2.75, 3.05) is 38.2 Å². The first-order chi connectivity index (χ1) is 11.6. The van der Waals surface area contributed by atoms with Crippen LogP contribution in [0.1, 0.15) is 9.88 Å². The van der Waals surface area contributed by atoms with Crippen molar-refractivity contribution >= 4 is 27.2 Å². The maximum atomic E-state index is 12.5. The number of ether oxygens (including phenoxy) is 1. The number of pyridine rings is 1. The van der Waals surface area contributed by atoms with Gasteiger partial charge in [0.15, 0.2) is 0 Å². The summed E-state index contributed by atoms with van der Waals surface area (Å²) in [4.78, 5) is 9.93. The maximum absolute atomic E-state index is 12.5. The quantitative estimate of drug-likeness (QED) is 0.832. The molecule has 0 bridgehead atoms. The molecule has 1 aliphatic rings. The monoisotopic (exact) mass is 368 g/mol. The Balaban J connectivity index is 1.58. The highest BCUT2D eigenvalue weighted by atomic mass is 32.2. The van der Waals surface area contributed by atoms with Crippen LogP contribution in [0.25, 0.3) is 0 Å². The summed E-state index contributed by atoms with van der Waals surface area (Å²) in [7, 11) is -3.48. The van der Waals surface area contributed by atoms with Gasteiger partial charge in [-0.2, -0.15) is 4.31 Å². The summed E-state index contributed by atoms with van der Waals surface area (Å²) in [6.07, 6.45) is 4.08. The van der Waals surface area contributed by atoms with Crippen LogP contribution in [0.3, 0.4) is 0 Å². The number of thiazole rings is 1. The summed E-state index contributed by atoms with van der Waals surface area (Å²) in [5.74, 6) is 0.657. The van der Waals surface area contributed by atoms with Crippen molar-refractivity contribution in [1.29, 1.82) is 0 Å². The van der Waals surface area contributed by atoms with Crippen LogP contribution in [0, 0.1) is 6.92 Å². The van der Waals surface area contributed by atoms with Gasteiger partial charge in [0.25, 0.3) is 0 Å². The smallest absolute Gasteiger partial charge is 0.244 e. The van der Waals surface area contributed by atoms with Crippen LogP contribution in [0.4, 0.5) is 5.82 Å². The fourth-order valence-electron chi connectivity index (χ4n) is 2.39. The number of hydrogen-bond acceptors (Lipinski definition) is 7. The van der Waals surface area contributed by atoms with Gasteiger partial charge < -0.3 is 10.1 Å². The van der Waals surface area contributed by atoms with Gasteiger partial charge >= 0.3 is 0 Å². The summed E-state index contributed by atoms with van der Waals surface area (Å²) >= 11 is 1.68. The zero-order chi connectivity index (χ0) is 17.0. The lowest BCUT2D eigenvalue weighted by atomic mass is 10.4. The summed E-state index contributed by atoms with van der Waals surface area (Å²) in [6.45, 7) is 4.37. The third kappa shape index (κ3) is 4.10. The van der Waals surface area contributed by atoms with E-state index < -0.39 is 10.0 Å². The van der Waals surface area contributed by atoms with Gasteiger partial charge in [0, 0.05) is 43.3 Å². The van der Waals surface area contributed by atoms with Crippen LogP contribution in [0.2, 0.25) is 0 Å². The molecule has 1 fully saturated rings. The molecule has 130 valence electrons. The predicted molar refractivity (Wildman–Crippen MR) is 92.9 cm³/mol. The van der Waals surface area contributed by atoms with E-state index >= 15 is 0 Å². The number of hydrogen-bond donors (Lipinski definition) is 1. The molecule has 1 N–H and O–H groups in total. The second kappa shape index (κ2) is 7.56. The van der Waals surface area contributed by atoms with Gasteiger partial charge in [0.1, 0.15) is 10.7 Å². The SMILES string of the molecule is Cc1cnc(CCNc2ccc(S(=O)(=O)N3CCOCC3)cn2)s1. The normalized spacial score (nSPS) is 16.2. The Labute approximate surface area is 145 Å². The van der Waals surface area contributed by atoms with E-state index in [4.69, 9.17) is 4.74 Å². The number of nitrogens with zero attached hydrogens (tertiary/aromatic N) is 3. The van der Waals surface area contributed by atoms with Crippen LogP contribution < -0.4 is 5.32 Å². The Kier molecular flexibility index (Phi) is 5.44. The summed E-state index contributed by atoms with van der Waals surface area (Å²) < 4.78 is 31.6. The van der Waals surface area contributed by atoms with Gasteiger partial charge in [0.05, 0.1) is 18.2 Å². The lowest BCUT2D eigenvalue weighted by Gasteiger charge is -2.25. The van der Waals surface area contributed by atoms with E-state index in [1.165, 1.54) is 15.4 Å².